The highest BCUT2D eigenvalue weighted by Gasteiger charge is 2.20. The van der Waals surface area contributed by atoms with Gasteiger partial charge in [-0.25, -0.2) is 4.98 Å². The van der Waals surface area contributed by atoms with Crippen molar-refractivity contribution >= 4 is 17.2 Å². The zero-order chi connectivity index (χ0) is 22.7. The van der Waals surface area contributed by atoms with Gasteiger partial charge in [0.2, 0.25) is 0 Å². The quantitative estimate of drug-likeness (QED) is 0.560. The zero-order valence-corrected chi connectivity index (χ0v) is 19.6. The van der Waals surface area contributed by atoms with E-state index in [-0.39, 0.29) is 18.1 Å². The van der Waals surface area contributed by atoms with E-state index < -0.39 is 0 Å². The van der Waals surface area contributed by atoms with Crippen LogP contribution in [0.1, 0.15) is 65.8 Å². The second-order valence-corrected chi connectivity index (χ2v) is 9.43. The van der Waals surface area contributed by atoms with Gasteiger partial charge in [-0.1, -0.05) is 13.8 Å². The Hall–Kier alpha value is -2.84. The maximum atomic E-state index is 13.1. The van der Waals surface area contributed by atoms with Crippen LogP contribution in [0.15, 0.2) is 36.5 Å². The van der Waals surface area contributed by atoms with Gasteiger partial charge in [-0.05, 0) is 50.1 Å². The van der Waals surface area contributed by atoms with Gasteiger partial charge < -0.3 is 14.8 Å². The van der Waals surface area contributed by atoms with E-state index in [1.165, 1.54) is 4.88 Å². The van der Waals surface area contributed by atoms with Crippen molar-refractivity contribution < 1.29 is 14.3 Å². The molecule has 1 N–H and O–H groups in total. The van der Waals surface area contributed by atoms with Gasteiger partial charge in [0.15, 0.2) is 0 Å². The summed E-state index contributed by atoms with van der Waals surface area (Å²) >= 11 is 1.64. The second kappa shape index (κ2) is 9.75. The van der Waals surface area contributed by atoms with Crippen LogP contribution in [0.4, 0.5) is 0 Å². The summed E-state index contributed by atoms with van der Waals surface area (Å²) in [6, 6.07) is 9.08. The second-order valence-electron chi connectivity index (χ2n) is 8.37. The first-order chi connectivity index (χ1) is 15.4. The van der Waals surface area contributed by atoms with Crippen molar-refractivity contribution in [2.45, 2.75) is 52.2 Å². The predicted octanol–water partition coefficient (Wildman–Crippen LogP) is 4.69. The minimum atomic E-state index is -0.278. The molecule has 7 nitrogen and oxygen atoms in total. The number of carbonyl (C=O) groups excluding carboxylic acids is 1. The van der Waals surface area contributed by atoms with Crippen molar-refractivity contribution in [1.29, 1.82) is 0 Å². The molecule has 1 aliphatic rings. The molecule has 3 heterocycles. The van der Waals surface area contributed by atoms with E-state index in [1.807, 2.05) is 44.3 Å². The number of aromatic nitrogens is 3. The number of aryl methyl sites for hydroxylation is 1. The molecule has 1 unspecified atom stereocenters. The number of hydrogen-bond donors (Lipinski definition) is 1. The van der Waals surface area contributed by atoms with Crippen molar-refractivity contribution in [3.05, 3.63) is 58.4 Å². The lowest BCUT2D eigenvalue weighted by molar-refractivity contribution is 0.0938. The molecule has 168 valence electrons. The van der Waals surface area contributed by atoms with Gasteiger partial charge in [-0.15, -0.1) is 11.3 Å². The fourth-order valence-electron chi connectivity index (χ4n) is 3.40. The molecular formula is C24H28N4O3S. The number of nitrogens with zero attached hydrogens (tertiary/aromatic N) is 3. The third-order valence-electron chi connectivity index (χ3n) is 5.31. The molecule has 32 heavy (non-hydrogen) atoms. The van der Waals surface area contributed by atoms with E-state index in [4.69, 9.17) is 9.47 Å². The molecule has 1 saturated heterocycles. The molecule has 1 fully saturated rings. The Morgan fingerprint density at radius 3 is 2.72 bits per heavy atom. The van der Waals surface area contributed by atoms with Gasteiger partial charge in [0.1, 0.15) is 16.9 Å². The zero-order valence-electron chi connectivity index (χ0n) is 18.8. The molecule has 1 aliphatic heterocycles. The van der Waals surface area contributed by atoms with Gasteiger partial charge >= 0.3 is 0 Å². The van der Waals surface area contributed by atoms with E-state index in [9.17, 15) is 4.79 Å². The maximum absolute atomic E-state index is 13.1. The topological polar surface area (TPSA) is 86.2 Å². The van der Waals surface area contributed by atoms with Crippen LogP contribution < -0.4 is 10.1 Å². The van der Waals surface area contributed by atoms with Gasteiger partial charge in [-0.3, -0.25) is 4.79 Å². The minimum absolute atomic E-state index is 0.00885. The molecule has 3 aromatic rings. The van der Waals surface area contributed by atoms with Crippen LogP contribution in [0.25, 0.3) is 10.6 Å². The molecule has 0 spiro atoms. The minimum Gasteiger partial charge on any atom is -0.488 e. The Labute approximate surface area is 192 Å². The lowest BCUT2D eigenvalue weighted by Crippen LogP contribution is -2.27. The van der Waals surface area contributed by atoms with Crippen LogP contribution in [-0.4, -0.2) is 40.4 Å². The molecule has 1 aromatic carbocycles. The molecule has 4 rings (SSSR count). The molecule has 2 aromatic heterocycles. The first kappa shape index (κ1) is 22.4. The third-order valence-corrected chi connectivity index (χ3v) is 6.66. The van der Waals surface area contributed by atoms with Crippen molar-refractivity contribution in [3.8, 4) is 16.3 Å². The first-order valence-electron chi connectivity index (χ1n) is 10.9. The van der Waals surface area contributed by atoms with E-state index in [1.54, 1.807) is 17.4 Å². The highest BCUT2D eigenvalue weighted by Crippen LogP contribution is 2.33. The van der Waals surface area contributed by atoms with E-state index in [0.29, 0.717) is 36.1 Å². The van der Waals surface area contributed by atoms with Crippen molar-refractivity contribution in [3.63, 3.8) is 0 Å². The summed E-state index contributed by atoms with van der Waals surface area (Å²) in [6.07, 6.45) is 2.73. The Morgan fingerprint density at radius 2 is 2.06 bits per heavy atom. The van der Waals surface area contributed by atoms with Gasteiger partial charge in [0.25, 0.3) is 5.91 Å². The number of nitrogens with one attached hydrogen (secondary N) is 1. The molecule has 0 aliphatic carbocycles. The summed E-state index contributed by atoms with van der Waals surface area (Å²) in [5.41, 5.74) is 2.93. The number of ether oxygens (including phenoxy) is 2. The number of rotatable bonds is 7. The number of amides is 1. The monoisotopic (exact) mass is 452 g/mol. The Kier molecular flexibility index (Phi) is 6.81. The van der Waals surface area contributed by atoms with Crippen LogP contribution in [0, 0.1) is 6.92 Å². The fourth-order valence-corrected chi connectivity index (χ4v) is 4.31. The van der Waals surface area contributed by atoms with Crippen LogP contribution in [0.2, 0.25) is 0 Å². The van der Waals surface area contributed by atoms with E-state index in [0.717, 1.165) is 22.7 Å². The van der Waals surface area contributed by atoms with Crippen molar-refractivity contribution in [2.75, 3.05) is 13.2 Å². The summed E-state index contributed by atoms with van der Waals surface area (Å²) in [4.78, 5) is 18.9. The van der Waals surface area contributed by atoms with Crippen molar-refractivity contribution in [2.24, 2.45) is 0 Å². The highest BCUT2D eigenvalue weighted by atomic mass is 32.1. The lowest BCUT2D eigenvalue weighted by Gasteiger charge is -2.16. The number of hydrogen-bond acceptors (Lipinski definition) is 7. The maximum Gasteiger partial charge on any atom is 0.251 e. The number of benzene rings is 1. The van der Waals surface area contributed by atoms with Gasteiger partial charge in [-0.2, -0.15) is 10.2 Å². The summed E-state index contributed by atoms with van der Waals surface area (Å²) in [7, 11) is 0. The summed E-state index contributed by atoms with van der Waals surface area (Å²) < 4.78 is 11.6. The molecule has 8 heteroatoms. The predicted molar refractivity (Wildman–Crippen MR) is 124 cm³/mol. The average Bonchev–Trinajstić information content (AvgIpc) is 3.46. The van der Waals surface area contributed by atoms with Gasteiger partial charge in [0.05, 0.1) is 30.6 Å². The Balaban J connectivity index is 1.61. The highest BCUT2D eigenvalue weighted by molar-refractivity contribution is 7.15. The summed E-state index contributed by atoms with van der Waals surface area (Å²) in [5, 5.41) is 12.2. The molecule has 0 bridgehead atoms. The third kappa shape index (κ3) is 5.31. The normalized spacial score (nSPS) is 16.8. The summed E-state index contributed by atoms with van der Waals surface area (Å²) in [5.74, 6) is 0.845. The van der Waals surface area contributed by atoms with Crippen LogP contribution in [0.3, 0.4) is 0 Å². The van der Waals surface area contributed by atoms with Crippen molar-refractivity contribution in [1.82, 2.24) is 20.5 Å². The van der Waals surface area contributed by atoms with Crippen LogP contribution in [-0.2, 0) is 4.74 Å². The summed E-state index contributed by atoms with van der Waals surface area (Å²) in [6.45, 7) is 9.31. The fraction of sp³-hybridized carbons (Fsp3) is 0.417. The van der Waals surface area contributed by atoms with E-state index in [2.05, 4.69) is 34.3 Å². The molecule has 0 radical (unpaired) electrons. The standard InChI is InChI=1S/C24H28N4O3S/c1-14(2)22-12-25-24(32-22)18-9-17(10-20(11-18)31-19-7-8-30-13-19)23(29)26-16(4)21-6-5-15(3)27-28-21/h5-6,9-12,14,16,19H,7-8,13H2,1-4H3,(H,26,29)/t16-,19?/m1/s1. The Morgan fingerprint density at radius 1 is 1.22 bits per heavy atom. The number of carbonyl (C=O) groups is 1. The molecular weight excluding hydrogens is 424 g/mol. The first-order valence-corrected chi connectivity index (χ1v) is 11.7. The molecule has 0 saturated carbocycles. The van der Waals surface area contributed by atoms with Crippen LogP contribution >= 0.6 is 11.3 Å². The van der Waals surface area contributed by atoms with Crippen LogP contribution in [0.5, 0.6) is 5.75 Å². The van der Waals surface area contributed by atoms with Gasteiger partial charge in [0, 0.05) is 28.6 Å². The molecule has 2 atom stereocenters. The smallest absolute Gasteiger partial charge is 0.251 e. The lowest BCUT2D eigenvalue weighted by atomic mass is 10.1. The largest absolute Gasteiger partial charge is 0.488 e. The SMILES string of the molecule is Cc1ccc([C@@H](C)NC(=O)c2cc(OC3CCOC3)cc(-c3ncc(C(C)C)s3)c2)nn1. The Bertz CT molecular complexity index is 1080. The number of thiazole rings is 1. The average molecular weight is 453 g/mol. The van der Waals surface area contributed by atoms with E-state index >= 15 is 0 Å². The molecule has 1 amide bonds.